The monoisotopic (exact) mass is 255 g/mol. The second-order valence-corrected chi connectivity index (χ2v) is 4.75. The molecule has 2 rings (SSSR count). The zero-order valence-electron chi connectivity index (χ0n) is 10.6. The summed E-state index contributed by atoms with van der Waals surface area (Å²) in [5.74, 6) is 0.980. The standard InChI is InChI=1S/C13H19F2N3/c1-10-2-3-13(17-8-10)18-6-4-11(5-7-18)16-9-12(14)15/h2-3,8,11-12,16H,4-7,9H2,1H3. The summed E-state index contributed by atoms with van der Waals surface area (Å²) >= 11 is 0. The molecule has 0 aliphatic carbocycles. The van der Waals surface area contributed by atoms with Crippen LogP contribution in [0.3, 0.4) is 0 Å². The van der Waals surface area contributed by atoms with E-state index in [2.05, 4.69) is 15.2 Å². The van der Waals surface area contributed by atoms with Gasteiger partial charge in [-0.15, -0.1) is 0 Å². The fourth-order valence-corrected chi connectivity index (χ4v) is 2.22. The molecule has 0 aromatic carbocycles. The van der Waals surface area contributed by atoms with Crippen LogP contribution >= 0.6 is 0 Å². The van der Waals surface area contributed by atoms with Crippen LogP contribution in [-0.4, -0.2) is 37.1 Å². The van der Waals surface area contributed by atoms with Crippen LogP contribution in [-0.2, 0) is 0 Å². The van der Waals surface area contributed by atoms with E-state index < -0.39 is 6.43 Å². The molecule has 0 unspecified atom stereocenters. The molecule has 1 saturated heterocycles. The number of halogens is 2. The van der Waals surface area contributed by atoms with E-state index in [-0.39, 0.29) is 12.6 Å². The Morgan fingerprint density at radius 2 is 2.11 bits per heavy atom. The van der Waals surface area contributed by atoms with Crippen molar-refractivity contribution >= 4 is 5.82 Å². The molecule has 1 aromatic heterocycles. The van der Waals surface area contributed by atoms with E-state index in [0.717, 1.165) is 37.3 Å². The summed E-state index contributed by atoms with van der Waals surface area (Å²) in [6.45, 7) is 3.55. The van der Waals surface area contributed by atoms with Crippen LogP contribution in [0.15, 0.2) is 18.3 Å². The molecule has 1 N–H and O–H groups in total. The number of hydrogen-bond acceptors (Lipinski definition) is 3. The average Bonchev–Trinajstić information content (AvgIpc) is 2.38. The number of piperidine rings is 1. The van der Waals surface area contributed by atoms with E-state index in [1.807, 2.05) is 25.3 Å². The SMILES string of the molecule is Cc1ccc(N2CCC(NCC(F)F)CC2)nc1. The average molecular weight is 255 g/mol. The number of nitrogens with zero attached hydrogens (tertiary/aromatic N) is 2. The quantitative estimate of drug-likeness (QED) is 0.894. The third-order valence-corrected chi connectivity index (χ3v) is 3.28. The van der Waals surface area contributed by atoms with Gasteiger partial charge in [-0.2, -0.15) is 0 Å². The number of hydrogen-bond donors (Lipinski definition) is 1. The topological polar surface area (TPSA) is 28.2 Å². The Labute approximate surface area is 106 Å². The lowest BCUT2D eigenvalue weighted by Gasteiger charge is -2.33. The van der Waals surface area contributed by atoms with Crippen LogP contribution in [0.1, 0.15) is 18.4 Å². The van der Waals surface area contributed by atoms with Gasteiger partial charge in [-0.25, -0.2) is 13.8 Å². The second kappa shape index (κ2) is 6.09. The maximum absolute atomic E-state index is 12.1. The van der Waals surface area contributed by atoms with Crippen LogP contribution in [0.4, 0.5) is 14.6 Å². The van der Waals surface area contributed by atoms with Crippen LogP contribution < -0.4 is 10.2 Å². The smallest absolute Gasteiger partial charge is 0.250 e. The molecule has 5 heteroatoms. The van der Waals surface area contributed by atoms with Gasteiger partial charge in [0.25, 0.3) is 6.43 Å². The minimum Gasteiger partial charge on any atom is -0.357 e. The first-order valence-corrected chi connectivity index (χ1v) is 6.34. The molecule has 0 radical (unpaired) electrons. The molecule has 1 fully saturated rings. The summed E-state index contributed by atoms with van der Waals surface area (Å²) in [6, 6.07) is 4.27. The lowest BCUT2D eigenvalue weighted by atomic mass is 10.1. The van der Waals surface area contributed by atoms with Crippen molar-refractivity contribution in [2.24, 2.45) is 0 Å². The van der Waals surface area contributed by atoms with Crippen molar-refractivity contribution in [3.63, 3.8) is 0 Å². The van der Waals surface area contributed by atoms with Gasteiger partial charge in [0.05, 0.1) is 6.54 Å². The molecule has 18 heavy (non-hydrogen) atoms. The highest BCUT2D eigenvalue weighted by Gasteiger charge is 2.20. The Balaban J connectivity index is 1.81. The van der Waals surface area contributed by atoms with E-state index in [9.17, 15) is 8.78 Å². The molecular weight excluding hydrogens is 236 g/mol. The molecule has 0 bridgehead atoms. The summed E-state index contributed by atoms with van der Waals surface area (Å²) < 4.78 is 24.2. The maximum atomic E-state index is 12.1. The van der Waals surface area contributed by atoms with Crippen molar-refractivity contribution in [1.29, 1.82) is 0 Å². The number of rotatable bonds is 4. The minimum absolute atomic E-state index is 0.201. The Morgan fingerprint density at radius 3 is 2.67 bits per heavy atom. The number of nitrogens with one attached hydrogen (secondary N) is 1. The summed E-state index contributed by atoms with van der Waals surface area (Å²) in [5, 5.41) is 2.91. The summed E-state index contributed by atoms with van der Waals surface area (Å²) in [7, 11) is 0. The molecule has 1 aliphatic rings. The normalized spacial score (nSPS) is 17.4. The number of aromatic nitrogens is 1. The van der Waals surface area contributed by atoms with E-state index in [4.69, 9.17) is 0 Å². The van der Waals surface area contributed by atoms with E-state index in [0.29, 0.717) is 0 Å². The highest BCUT2D eigenvalue weighted by molar-refractivity contribution is 5.39. The maximum Gasteiger partial charge on any atom is 0.250 e. The number of alkyl halides is 2. The van der Waals surface area contributed by atoms with Gasteiger partial charge < -0.3 is 10.2 Å². The van der Waals surface area contributed by atoms with Crippen molar-refractivity contribution in [1.82, 2.24) is 10.3 Å². The first kappa shape index (κ1) is 13.2. The highest BCUT2D eigenvalue weighted by atomic mass is 19.3. The first-order valence-electron chi connectivity index (χ1n) is 6.34. The largest absolute Gasteiger partial charge is 0.357 e. The zero-order valence-corrected chi connectivity index (χ0v) is 10.6. The van der Waals surface area contributed by atoms with Gasteiger partial charge in [0.1, 0.15) is 5.82 Å². The fourth-order valence-electron chi connectivity index (χ4n) is 2.22. The number of anilines is 1. The van der Waals surface area contributed by atoms with Gasteiger partial charge >= 0.3 is 0 Å². The zero-order chi connectivity index (χ0) is 13.0. The molecule has 0 atom stereocenters. The molecular formula is C13H19F2N3. The van der Waals surface area contributed by atoms with E-state index >= 15 is 0 Å². The number of pyridine rings is 1. The Bertz CT molecular complexity index is 359. The molecule has 0 saturated carbocycles. The number of aryl methyl sites for hydroxylation is 1. The van der Waals surface area contributed by atoms with Crippen LogP contribution in [0.2, 0.25) is 0 Å². The van der Waals surface area contributed by atoms with Gasteiger partial charge in [-0.05, 0) is 31.4 Å². The fraction of sp³-hybridized carbons (Fsp3) is 0.615. The lowest BCUT2D eigenvalue weighted by molar-refractivity contribution is 0.139. The molecule has 0 spiro atoms. The third kappa shape index (κ3) is 3.63. The van der Waals surface area contributed by atoms with Crippen molar-refractivity contribution in [2.45, 2.75) is 32.2 Å². The van der Waals surface area contributed by atoms with Gasteiger partial charge in [-0.3, -0.25) is 0 Å². The first-order chi connectivity index (χ1) is 8.65. The Hall–Kier alpha value is -1.23. The van der Waals surface area contributed by atoms with Gasteiger partial charge in [0, 0.05) is 25.3 Å². The molecule has 1 aliphatic heterocycles. The summed E-state index contributed by atoms with van der Waals surface area (Å²) in [5.41, 5.74) is 1.15. The highest BCUT2D eigenvalue weighted by Crippen LogP contribution is 2.18. The van der Waals surface area contributed by atoms with Gasteiger partial charge in [-0.1, -0.05) is 6.07 Å². The van der Waals surface area contributed by atoms with Crippen LogP contribution in [0.5, 0.6) is 0 Å². The lowest BCUT2D eigenvalue weighted by Crippen LogP contribution is -2.44. The molecule has 3 nitrogen and oxygen atoms in total. The second-order valence-electron chi connectivity index (χ2n) is 4.75. The summed E-state index contributed by atoms with van der Waals surface area (Å²) in [4.78, 5) is 6.60. The Morgan fingerprint density at radius 1 is 1.39 bits per heavy atom. The van der Waals surface area contributed by atoms with E-state index in [1.54, 1.807) is 0 Å². The molecule has 100 valence electrons. The molecule has 0 amide bonds. The van der Waals surface area contributed by atoms with Crippen molar-refractivity contribution in [3.8, 4) is 0 Å². The third-order valence-electron chi connectivity index (χ3n) is 3.28. The predicted octanol–water partition coefficient (Wildman–Crippen LogP) is 2.21. The van der Waals surface area contributed by atoms with E-state index in [1.165, 1.54) is 0 Å². The van der Waals surface area contributed by atoms with Crippen molar-refractivity contribution < 1.29 is 8.78 Å². The Kier molecular flexibility index (Phi) is 4.47. The van der Waals surface area contributed by atoms with Crippen LogP contribution in [0, 0.1) is 6.92 Å². The van der Waals surface area contributed by atoms with Gasteiger partial charge in [0.15, 0.2) is 0 Å². The van der Waals surface area contributed by atoms with Crippen molar-refractivity contribution in [3.05, 3.63) is 23.9 Å². The molecule has 2 heterocycles. The minimum atomic E-state index is -2.26. The van der Waals surface area contributed by atoms with Crippen molar-refractivity contribution in [2.75, 3.05) is 24.5 Å². The van der Waals surface area contributed by atoms with Crippen LogP contribution in [0.25, 0.3) is 0 Å². The van der Waals surface area contributed by atoms with Gasteiger partial charge in [0.2, 0.25) is 0 Å². The molecule has 1 aromatic rings. The predicted molar refractivity (Wildman–Crippen MR) is 68.2 cm³/mol. The summed E-state index contributed by atoms with van der Waals surface area (Å²) in [6.07, 6.45) is 1.38.